The second-order valence-electron chi connectivity index (χ2n) is 4.88. The number of carbonyl (C=O) groups is 1. The molecule has 0 aliphatic heterocycles. The lowest BCUT2D eigenvalue weighted by atomic mass is 10.1. The molecule has 0 aliphatic carbocycles. The average Bonchev–Trinajstić information content (AvgIpc) is 2.46. The van der Waals surface area contributed by atoms with Crippen LogP contribution in [-0.2, 0) is 0 Å². The molecule has 0 unspecified atom stereocenters. The van der Waals surface area contributed by atoms with E-state index in [1.807, 2.05) is 13.0 Å². The van der Waals surface area contributed by atoms with Crippen LogP contribution >= 0.6 is 0 Å². The predicted molar refractivity (Wildman–Crippen MR) is 87.7 cm³/mol. The Morgan fingerprint density at radius 1 is 1.55 bits per heavy atom. The molecule has 0 spiro atoms. The number of hydrogen-bond donors (Lipinski definition) is 1. The molecule has 7 nitrogen and oxygen atoms in total. The highest BCUT2D eigenvalue weighted by Crippen LogP contribution is 2.25. The fourth-order valence-electron chi connectivity index (χ4n) is 1.67. The number of hydrazone groups is 1. The average molecular weight is 300 g/mol. The van der Waals surface area contributed by atoms with E-state index in [0.717, 1.165) is 18.6 Å². The molecule has 2 N–H and O–H groups in total. The van der Waals surface area contributed by atoms with Crippen molar-refractivity contribution in [2.24, 2.45) is 15.8 Å². The molecule has 0 radical (unpaired) electrons. The summed E-state index contributed by atoms with van der Waals surface area (Å²) in [5.74, 6) is -0.147. The number of nitrogens with zero attached hydrogens (tertiary/aromatic N) is 5. The van der Waals surface area contributed by atoms with Gasteiger partial charge in [-0.2, -0.15) is 10.4 Å². The Balaban J connectivity index is 3.42. The molecule has 1 aromatic heterocycles. The van der Waals surface area contributed by atoms with Crippen LogP contribution in [0.3, 0.4) is 0 Å². The molecule has 0 aliphatic rings. The highest BCUT2D eigenvalue weighted by Gasteiger charge is 2.17. The van der Waals surface area contributed by atoms with Gasteiger partial charge in [0.05, 0.1) is 11.1 Å². The third-order valence-electron chi connectivity index (χ3n) is 2.68. The number of aromatic nitrogens is 1. The second-order valence-corrected chi connectivity index (χ2v) is 4.88. The molecular weight excluding hydrogens is 280 g/mol. The molecule has 0 aromatic carbocycles. The van der Waals surface area contributed by atoms with Crippen LogP contribution in [0.15, 0.2) is 16.2 Å². The fraction of sp³-hybridized carbons (Fsp3) is 0.400. The maximum Gasteiger partial charge on any atom is 0.252 e. The highest BCUT2D eigenvalue weighted by atomic mass is 16.1. The zero-order valence-corrected chi connectivity index (χ0v) is 13.3. The number of unbranched alkanes of at least 4 members (excludes halogenated alkanes) is 1. The summed E-state index contributed by atoms with van der Waals surface area (Å²) >= 11 is 0. The Bertz CT molecular complexity index is 653. The maximum atomic E-state index is 11.5. The highest BCUT2D eigenvalue weighted by molar-refractivity contribution is 5.99. The summed E-state index contributed by atoms with van der Waals surface area (Å²) in [7, 11) is 1.69. The summed E-state index contributed by atoms with van der Waals surface area (Å²) < 4.78 is 0. The number of pyridine rings is 1. The van der Waals surface area contributed by atoms with Crippen molar-refractivity contribution in [2.45, 2.75) is 33.6 Å². The van der Waals surface area contributed by atoms with E-state index in [4.69, 9.17) is 5.73 Å². The lowest BCUT2D eigenvalue weighted by molar-refractivity contribution is 0.100. The number of primary amides is 1. The first-order chi connectivity index (χ1) is 10.4. The van der Waals surface area contributed by atoms with Crippen molar-refractivity contribution in [1.82, 2.24) is 4.98 Å². The van der Waals surface area contributed by atoms with Gasteiger partial charge in [0.15, 0.2) is 11.6 Å². The summed E-state index contributed by atoms with van der Waals surface area (Å²) in [6.07, 6.45) is 3.55. The topological polar surface area (TPSA) is 108 Å². The van der Waals surface area contributed by atoms with Crippen molar-refractivity contribution in [2.75, 3.05) is 12.1 Å². The van der Waals surface area contributed by atoms with Gasteiger partial charge in [-0.15, -0.1) is 0 Å². The van der Waals surface area contributed by atoms with Crippen molar-refractivity contribution in [3.63, 3.8) is 0 Å². The van der Waals surface area contributed by atoms with Crippen LogP contribution < -0.4 is 10.7 Å². The van der Waals surface area contributed by atoms with Crippen molar-refractivity contribution in [3.8, 4) is 6.07 Å². The minimum atomic E-state index is -0.673. The van der Waals surface area contributed by atoms with Crippen LogP contribution in [0.4, 0.5) is 11.6 Å². The molecule has 1 heterocycles. The molecule has 116 valence electrons. The third-order valence-corrected chi connectivity index (χ3v) is 2.68. The smallest absolute Gasteiger partial charge is 0.252 e. The number of nitrogens with two attached hydrogens (primary N) is 1. The Kier molecular flexibility index (Phi) is 6.20. The van der Waals surface area contributed by atoms with Gasteiger partial charge >= 0.3 is 0 Å². The Morgan fingerprint density at radius 3 is 2.73 bits per heavy atom. The summed E-state index contributed by atoms with van der Waals surface area (Å²) in [4.78, 5) is 20.0. The van der Waals surface area contributed by atoms with Gasteiger partial charge in [0.25, 0.3) is 5.91 Å². The molecule has 1 rings (SSSR count). The van der Waals surface area contributed by atoms with Crippen LogP contribution in [-0.4, -0.2) is 29.9 Å². The van der Waals surface area contributed by atoms with Crippen LogP contribution in [0.1, 0.15) is 49.5 Å². The summed E-state index contributed by atoms with van der Waals surface area (Å²) in [5.41, 5.74) is 6.40. The molecule has 0 fully saturated rings. The number of nitriles is 1. The quantitative estimate of drug-likeness (QED) is 0.642. The van der Waals surface area contributed by atoms with Gasteiger partial charge in [-0.25, -0.2) is 9.98 Å². The lowest BCUT2D eigenvalue weighted by Gasteiger charge is -2.15. The minimum Gasteiger partial charge on any atom is -0.365 e. The van der Waals surface area contributed by atoms with Crippen molar-refractivity contribution in [1.29, 1.82) is 5.26 Å². The molecule has 0 saturated carbocycles. The first-order valence-electron chi connectivity index (χ1n) is 6.93. The van der Waals surface area contributed by atoms with E-state index in [1.165, 1.54) is 11.1 Å². The number of aliphatic imine (C=N–C) groups is 1. The van der Waals surface area contributed by atoms with Gasteiger partial charge in [0, 0.05) is 19.0 Å². The predicted octanol–water partition coefficient (Wildman–Crippen LogP) is 2.39. The fourth-order valence-corrected chi connectivity index (χ4v) is 1.67. The zero-order chi connectivity index (χ0) is 16.7. The monoisotopic (exact) mass is 300 g/mol. The molecule has 7 heteroatoms. The first kappa shape index (κ1) is 17.3. The molecule has 22 heavy (non-hydrogen) atoms. The van der Waals surface area contributed by atoms with Crippen molar-refractivity contribution in [3.05, 3.63) is 17.2 Å². The lowest BCUT2D eigenvalue weighted by Crippen LogP contribution is -2.16. The van der Waals surface area contributed by atoms with Crippen molar-refractivity contribution >= 4 is 29.5 Å². The molecule has 1 aromatic rings. The number of carbonyl (C=O) groups excluding carboxylic acids is 1. The maximum absolute atomic E-state index is 11.5. The molecule has 0 bridgehead atoms. The Hall–Kier alpha value is -2.75. The Labute approximate surface area is 130 Å². The van der Waals surface area contributed by atoms with Gasteiger partial charge in [0.1, 0.15) is 6.07 Å². The second kappa shape index (κ2) is 7.88. The number of hydrogen-bond acceptors (Lipinski definition) is 6. The first-order valence-corrected chi connectivity index (χ1v) is 6.93. The van der Waals surface area contributed by atoms with Gasteiger partial charge in [0.2, 0.25) is 0 Å². The minimum absolute atomic E-state index is 0.118. The molecule has 1 amide bonds. The van der Waals surface area contributed by atoms with Crippen LogP contribution in [0.2, 0.25) is 0 Å². The van der Waals surface area contributed by atoms with Crippen LogP contribution in [0.25, 0.3) is 0 Å². The van der Waals surface area contributed by atoms with Gasteiger partial charge < -0.3 is 5.73 Å². The van der Waals surface area contributed by atoms with E-state index in [2.05, 4.69) is 15.1 Å². The zero-order valence-electron chi connectivity index (χ0n) is 13.3. The van der Waals surface area contributed by atoms with E-state index < -0.39 is 5.91 Å². The Morgan fingerprint density at radius 2 is 2.23 bits per heavy atom. The van der Waals surface area contributed by atoms with Gasteiger partial charge in [-0.1, -0.05) is 13.3 Å². The molecule has 0 saturated heterocycles. The van der Waals surface area contributed by atoms with Gasteiger partial charge in [-0.3, -0.25) is 9.80 Å². The molecular formula is C15H20N6O. The third kappa shape index (κ3) is 4.38. The van der Waals surface area contributed by atoms with E-state index in [1.54, 1.807) is 27.1 Å². The molecule has 0 atom stereocenters. The number of anilines is 1. The van der Waals surface area contributed by atoms with Crippen LogP contribution in [0.5, 0.6) is 0 Å². The summed E-state index contributed by atoms with van der Waals surface area (Å²) in [6, 6.07) is 3.41. The van der Waals surface area contributed by atoms with Crippen LogP contribution in [0, 0.1) is 11.3 Å². The number of rotatable bonds is 6. The van der Waals surface area contributed by atoms with E-state index in [0.29, 0.717) is 5.82 Å². The van der Waals surface area contributed by atoms with Gasteiger partial charge in [-0.05, 0) is 26.3 Å². The SMILES string of the molecule is CCC/C=N/N(C)c1nc(N=C(C)C)c(C(N)=O)cc1C#N. The van der Waals surface area contributed by atoms with E-state index in [9.17, 15) is 10.1 Å². The van der Waals surface area contributed by atoms with E-state index in [-0.39, 0.29) is 16.9 Å². The van der Waals surface area contributed by atoms with E-state index >= 15 is 0 Å². The van der Waals surface area contributed by atoms with Crippen molar-refractivity contribution < 1.29 is 4.79 Å². The normalized spacial score (nSPS) is 10.3. The summed E-state index contributed by atoms with van der Waals surface area (Å²) in [5, 5.41) is 15.0. The summed E-state index contributed by atoms with van der Waals surface area (Å²) in [6.45, 7) is 5.62. The number of amides is 1. The largest absolute Gasteiger partial charge is 0.365 e. The standard InChI is InChI=1S/C15H20N6O/c1-5-6-7-18-21(4)15-11(9-16)8-12(13(17)22)14(20-15)19-10(2)3/h7-8H,5-6H2,1-4H3,(H2,17,22)/b18-7+.